The van der Waals surface area contributed by atoms with Crippen molar-refractivity contribution in [3.8, 4) is 0 Å². The van der Waals surface area contributed by atoms with Gasteiger partial charge in [0.2, 0.25) is 0 Å². The molecule has 2 heterocycles. The van der Waals surface area contributed by atoms with E-state index in [-0.39, 0.29) is 46.2 Å². The quantitative estimate of drug-likeness (QED) is 0.0283. The van der Waals surface area contributed by atoms with E-state index in [9.17, 15) is 4.79 Å². The van der Waals surface area contributed by atoms with Gasteiger partial charge in [-0.25, -0.2) is 0 Å². The van der Waals surface area contributed by atoms with Gasteiger partial charge < -0.3 is 52.1 Å². The molecule has 2 saturated heterocycles. The summed E-state index contributed by atoms with van der Waals surface area (Å²) in [6.45, 7) is 14.2. The van der Waals surface area contributed by atoms with Crippen LogP contribution < -0.4 is 0 Å². The van der Waals surface area contributed by atoms with Crippen LogP contribution in [0.15, 0.2) is 164 Å². The lowest BCUT2D eigenvalue weighted by molar-refractivity contribution is -0.374. The van der Waals surface area contributed by atoms with Crippen LogP contribution >= 0.6 is 0 Å². The first kappa shape index (κ1) is 52.9. The summed E-state index contributed by atoms with van der Waals surface area (Å²) in [5.74, 6) is -0.515. The third-order valence-corrected chi connectivity index (χ3v) is 13.7. The van der Waals surface area contributed by atoms with Gasteiger partial charge in [-0.2, -0.15) is 0 Å². The fraction of sp³-hybridized carbons (Fsp3) is 0.421. The molecule has 5 aromatic rings. The van der Waals surface area contributed by atoms with Crippen LogP contribution in [0.5, 0.6) is 0 Å². The predicted octanol–water partition coefficient (Wildman–Crippen LogP) is 9.87. The minimum absolute atomic E-state index is 0.0284. The third-order valence-electron chi connectivity index (χ3n) is 12.0. The van der Waals surface area contributed by atoms with E-state index in [2.05, 4.69) is 26.2 Å². The molecule has 2 fully saturated rings. The summed E-state index contributed by atoms with van der Waals surface area (Å²) in [6, 6.07) is 50.5. The lowest BCUT2D eigenvalue weighted by Crippen LogP contribution is -2.66. The number of rotatable bonds is 27. The lowest BCUT2D eigenvalue weighted by atomic mass is 9.95. The lowest BCUT2D eigenvalue weighted by Gasteiger charge is -2.50. The van der Waals surface area contributed by atoms with E-state index in [1.165, 1.54) is 6.92 Å². The molecule has 70 heavy (non-hydrogen) atoms. The van der Waals surface area contributed by atoms with Gasteiger partial charge in [-0.3, -0.25) is 4.79 Å². The van der Waals surface area contributed by atoms with E-state index in [0.717, 1.165) is 33.9 Å². The smallest absolute Gasteiger partial charge is 0.303 e. The first-order valence-electron chi connectivity index (χ1n) is 24.3. The van der Waals surface area contributed by atoms with E-state index in [0.29, 0.717) is 13.2 Å². The second-order valence-electron chi connectivity index (χ2n) is 18.8. The summed E-state index contributed by atoms with van der Waals surface area (Å²) < 4.78 is 74.5. The van der Waals surface area contributed by atoms with Crippen molar-refractivity contribution in [1.29, 1.82) is 0 Å². The molecule has 7 rings (SSSR count). The highest BCUT2D eigenvalue weighted by atomic mass is 28.3. The highest BCUT2D eigenvalue weighted by Gasteiger charge is 2.55. The highest BCUT2D eigenvalue weighted by molar-refractivity contribution is 6.76. The van der Waals surface area contributed by atoms with Crippen LogP contribution in [0.1, 0.15) is 34.7 Å². The van der Waals surface area contributed by atoms with Crippen LogP contribution in [0.4, 0.5) is 0 Å². The molecule has 2 aliphatic heterocycles. The summed E-state index contributed by atoms with van der Waals surface area (Å²) in [6.07, 6.45) is -7.38. The molecule has 0 aromatic heterocycles. The molecule has 13 heteroatoms. The maximum atomic E-state index is 13.0. The standard InChI is InChI=1S/C57H70O12Si/c1-6-32-61-52-50(66-42(2)58)48(40-59-35-43-22-12-7-13-23-43)68-57(55(52)65-39-47-30-20-11-21-31-47)69-51-49(41-60-36-44-24-14-8-15-25-44)67-56(62-33-34-70(3,4)5)54(64-38-46-28-18-10-19-29-46)53(51)63-37-45-26-16-9-17-27-45/h6-31,48-57H,1,32-41H2,2-5H3/t48-,49-,50+,51-,52+,53+,54-,55-,56-,57+/m1/s1. The van der Waals surface area contributed by atoms with Crippen LogP contribution in [-0.4, -0.2) is 102 Å². The molecule has 2 aliphatic rings. The predicted molar refractivity (Wildman–Crippen MR) is 269 cm³/mol. The van der Waals surface area contributed by atoms with Crippen LogP contribution in [0.3, 0.4) is 0 Å². The van der Waals surface area contributed by atoms with Crippen molar-refractivity contribution in [2.24, 2.45) is 0 Å². The topological polar surface area (TPSA) is 119 Å². The fourth-order valence-electron chi connectivity index (χ4n) is 8.35. The first-order valence-corrected chi connectivity index (χ1v) is 28.0. The summed E-state index contributed by atoms with van der Waals surface area (Å²) in [4.78, 5) is 13.0. The summed E-state index contributed by atoms with van der Waals surface area (Å²) >= 11 is 0. The molecule has 0 N–H and O–H groups in total. The van der Waals surface area contributed by atoms with Gasteiger partial charge in [0, 0.05) is 21.6 Å². The molecule has 0 aliphatic carbocycles. The Morgan fingerprint density at radius 1 is 0.500 bits per heavy atom. The molecule has 12 nitrogen and oxygen atoms in total. The number of carbonyl (C=O) groups excluding carboxylic acids is 1. The van der Waals surface area contributed by atoms with Crippen molar-refractivity contribution in [3.05, 3.63) is 192 Å². The van der Waals surface area contributed by atoms with Gasteiger partial charge in [-0.15, -0.1) is 6.58 Å². The Bertz CT molecular complexity index is 2230. The van der Waals surface area contributed by atoms with Crippen LogP contribution in [-0.2, 0) is 89.9 Å². The fourth-order valence-corrected chi connectivity index (χ4v) is 9.08. The van der Waals surface area contributed by atoms with Gasteiger partial charge in [0.15, 0.2) is 18.7 Å². The zero-order chi connectivity index (χ0) is 49.0. The second kappa shape index (κ2) is 27.7. The zero-order valence-corrected chi connectivity index (χ0v) is 42.0. The van der Waals surface area contributed by atoms with Gasteiger partial charge in [0.25, 0.3) is 0 Å². The van der Waals surface area contributed by atoms with Crippen molar-refractivity contribution in [3.63, 3.8) is 0 Å². The summed E-state index contributed by atoms with van der Waals surface area (Å²) in [5.41, 5.74) is 4.81. The Kier molecular flexibility index (Phi) is 20.9. The number of benzene rings is 5. The average molecular weight is 975 g/mol. The van der Waals surface area contributed by atoms with E-state index in [1.807, 2.05) is 152 Å². The molecule has 0 amide bonds. The molecule has 0 bridgehead atoms. The van der Waals surface area contributed by atoms with Crippen molar-refractivity contribution in [2.75, 3.05) is 26.4 Å². The number of carbonyl (C=O) groups is 1. The maximum absolute atomic E-state index is 13.0. The molecular formula is C57H70O12Si. The Hall–Kier alpha value is -4.87. The first-order chi connectivity index (χ1) is 34.1. The van der Waals surface area contributed by atoms with Crippen LogP contribution in [0, 0.1) is 0 Å². The molecule has 0 spiro atoms. The van der Waals surface area contributed by atoms with E-state index >= 15 is 0 Å². The molecule has 0 radical (unpaired) electrons. The monoisotopic (exact) mass is 974 g/mol. The second-order valence-corrected chi connectivity index (χ2v) is 24.4. The van der Waals surface area contributed by atoms with Gasteiger partial charge >= 0.3 is 5.97 Å². The largest absolute Gasteiger partial charge is 0.457 e. The molecule has 10 atom stereocenters. The highest BCUT2D eigenvalue weighted by Crippen LogP contribution is 2.37. The third kappa shape index (κ3) is 16.6. The Balaban J connectivity index is 1.29. The van der Waals surface area contributed by atoms with Crippen molar-refractivity contribution in [2.45, 2.75) is 127 Å². The number of ether oxygens (including phenoxy) is 11. The number of hydrogen-bond acceptors (Lipinski definition) is 12. The Morgan fingerprint density at radius 3 is 1.31 bits per heavy atom. The minimum atomic E-state index is -1.53. The van der Waals surface area contributed by atoms with Crippen molar-refractivity contribution >= 4 is 14.0 Å². The molecule has 0 unspecified atom stereocenters. The summed E-state index contributed by atoms with van der Waals surface area (Å²) in [5, 5.41) is 0. The van der Waals surface area contributed by atoms with Crippen LogP contribution in [0.25, 0.3) is 0 Å². The molecule has 5 aromatic carbocycles. The summed E-state index contributed by atoms with van der Waals surface area (Å²) in [7, 11) is -1.53. The molecular weight excluding hydrogens is 905 g/mol. The zero-order valence-electron chi connectivity index (χ0n) is 41.0. The van der Waals surface area contributed by atoms with Gasteiger partial charge in [-0.05, 0) is 33.9 Å². The number of esters is 1. The minimum Gasteiger partial charge on any atom is -0.457 e. The van der Waals surface area contributed by atoms with Crippen LogP contribution in [0.2, 0.25) is 25.7 Å². The maximum Gasteiger partial charge on any atom is 0.303 e. The average Bonchev–Trinajstić information content (AvgIpc) is 3.37. The number of hydrogen-bond donors (Lipinski definition) is 0. The normalized spacial score (nSPS) is 24.7. The Morgan fingerprint density at radius 2 is 0.886 bits per heavy atom. The van der Waals surface area contributed by atoms with Crippen molar-refractivity contribution in [1.82, 2.24) is 0 Å². The van der Waals surface area contributed by atoms with E-state index < -0.39 is 75.5 Å². The van der Waals surface area contributed by atoms with Gasteiger partial charge in [0.1, 0.15) is 42.7 Å². The van der Waals surface area contributed by atoms with Gasteiger partial charge in [0.05, 0.1) is 52.9 Å². The van der Waals surface area contributed by atoms with Gasteiger partial charge in [-0.1, -0.05) is 177 Å². The molecule has 374 valence electrons. The Labute approximate surface area is 415 Å². The van der Waals surface area contributed by atoms with E-state index in [1.54, 1.807) is 6.08 Å². The SMILES string of the molecule is C=CCO[C@H]1[C@@H](OC(C)=O)[C@@H](COCc2ccccc2)O[C@@H](O[C@H]2[C@H](OCc3ccccc3)[C@@H](OCc3ccccc3)[C@H](OCC[Si](C)(C)C)O[C@@H]2COCc2ccccc2)[C@@H]1OCc1ccccc1. The van der Waals surface area contributed by atoms with Crippen molar-refractivity contribution < 1.29 is 56.9 Å². The molecule has 0 saturated carbocycles. The van der Waals surface area contributed by atoms with E-state index in [4.69, 9.17) is 52.1 Å².